The predicted octanol–water partition coefficient (Wildman–Crippen LogP) is 2.67. The number of hydrogen-bond acceptors (Lipinski definition) is 3. The Labute approximate surface area is 140 Å². The van der Waals surface area contributed by atoms with Crippen LogP contribution in [0.25, 0.3) is 0 Å². The van der Waals surface area contributed by atoms with Gasteiger partial charge in [-0.3, -0.25) is 4.90 Å². The van der Waals surface area contributed by atoms with Gasteiger partial charge in [0.05, 0.1) is 5.75 Å². The maximum Gasteiger partial charge on any atom is 0.214 e. The minimum Gasteiger partial charge on any atom is -0.296 e. The normalized spacial score (nSPS) is 25.4. The van der Waals surface area contributed by atoms with Crippen molar-refractivity contribution in [1.82, 2.24) is 9.21 Å². The summed E-state index contributed by atoms with van der Waals surface area (Å²) in [6.45, 7) is 6.01. The minimum absolute atomic E-state index is 0.117. The van der Waals surface area contributed by atoms with Gasteiger partial charge in [0, 0.05) is 32.2 Å². The van der Waals surface area contributed by atoms with Gasteiger partial charge in [0.25, 0.3) is 0 Å². The summed E-state index contributed by atoms with van der Waals surface area (Å²) in [4.78, 5) is 2.53. The van der Waals surface area contributed by atoms with E-state index in [9.17, 15) is 8.42 Å². The van der Waals surface area contributed by atoms with E-state index in [0.717, 1.165) is 32.4 Å². The largest absolute Gasteiger partial charge is 0.296 e. The SMILES string of the molecule is CC(C)CS(=O)(=O)N(C)[C@@H]1CCN2CCc3ccccc3[C@@H]2C1. The topological polar surface area (TPSA) is 40.6 Å². The Bertz CT molecular complexity index is 657. The fourth-order valence-corrected chi connectivity index (χ4v) is 5.76. The van der Waals surface area contributed by atoms with Crippen molar-refractivity contribution in [3.05, 3.63) is 35.4 Å². The fourth-order valence-electron chi connectivity index (χ4n) is 4.03. The summed E-state index contributed by atoms with van der Waals surface area (Å²) >= 11 is 0. The summed E-state index contributed by atoms with van der Waals surface area (Å²) in [7, 11) is -1.39. The van der Waals surface area contributed by atoms with Crippen molar-refractivity contribution < 1.29 is 8.42 Å². The number of benzene rings is 1. The summed E-state index contributed by atoms with van der Waals surface area (Å²) in [5, 5.41) is 0. The molecule has 0 aromatic heterocycles. The molecule has 0 bridgehead atoms. The van der Waals surface area contributed by atoms with E-state index in [1.165, 1.54) is 11.1 Å². The summed E-state index contributed by atoms with van der Waals surface area (Å²) in [6.07, 6.45) is 2.95. The molecule has 0 amide bonds. The van der Waals surface area contributed by atoms with E-state index in [0.29, 0.717) is 6.04 Å². The zero-order chi connectivity index (χ0) is 16.6. The van der Waals surface area contributed by atoms with Crippen LogP contribution in [-0.4, -0.2) is 49.6 Å². The molecule has 5 heteroatoms. The molecule has 0 N–H and O–H groups in total. The lowest BCUT2D eigenvalue weighted by atomic mass is 9.85. The van der Waals surface area contributed by atoms with Crippen LogP contribution in [0.1, 0.15) is 43.9 Å². The maximum atomic E-state index is 12.6. The molecule has 128 valence electrons. The first-order valence-corrected chi connectivity index (χ1v) is 10.3. The maximum absolute atomic E-state index is 12.6. The van der Waals surface area contributed by atoms with Gasteiger partial charge < -0.3 is 0 Å². The number of rotatable bonds is 4. The third kappa shape index (κ3) is 3.47. The molecule has 1 aromatic rings. The van der Waals surface area contributed by atoms with E-state index in [-0.39, 0.29) is 17.7 Å². The summed E-state index contributed by atoms with van der Waals surface area (Å²) in [5.41, 5.74) is 2.83. The molecule has 0 unspecified atom stereocenters. The lowest BCUT2D eigenvalue weighted by Crippen LogP contribution is -2.49. The Balaban J connectivity index is 1.79. The Kier molecular flexibility index (Phi) is 4.81. The molecule has 2 aliphatic rings. The molecular formula is C18H28N2O2S. The molecule has 2 heterocycles. The Morgan fingerprint density at radius 3 is 2.74 bits per heavy atom. The van der Waals surface area contributed by atoms with Crippen LogP contribution >= 0.6 is 0 Å². The zero-order valence-corrected chi connectivity index (χ0v) is 15.2. The smallest absolute Gasteiger partial charge is 0.214 e. The first kappa shape index (κ1) is 16.9. The average Bonchev–Trinajstić information content (AvgIpc) is 2.52. The van der Waals surface area contributed by atoms with Crippen LogP contribution in [0.15, 0.2) is 24.3 Å². The van der Waals surface area contributed by atoms with Crippen LogP contribution in [0.2, 0.25) is 0 Å². The lowest BCUT2D eigenvalue weighted by Gasteiger charge is -2.45. The number of fused-ring (bicyclic) bond motifs is 3. The first-order valence-electron chi connectivity index (χ1n) is 8.66. The highest BCUT2D eigenvalue weighted by Crippen LogP contribution is 2.38. The Hall–Kier alpha value is -0.910. The highest BCUT2D eigenvalue weighted by molar-refractivity contribution is 7.89. The molecule has 0 spiro atoms. The van der Waals surface area contributed by atoms with Crippen molar-refractivity contribution >= 4 is 10.0 Å². The highest BCUT2D eigenvalue weighted by Gasteiger charge is 2.37. The highest BCUT2D eigenvalue weighted by atomic mass is 32.2. The third-order valence-corrected chi connectivity index (χ3v) is 7.53. The van der Waals surface area contributed by atoms with Crippen molar-refractivity contribution in [3.8, 4) is 0 Å². The lowest BCUT2D eigenvalue weighted by molar-refractivity contribution is 0.0969. The molecule has 0 radical (unpaired) electrons. The van der Waals surface area contributed by atoms with Crippen LogP contribution in [0, 0.1) is 5.92 Å². The molecule has 23 heavy (non-hydrogen) atoms. The van der Waals surface area contributed by atoms with E-state index >= 15 is 0 Å². The van der Waals surface area contributed by atoms with Crippen molar-refractivity contribution in [1.29, 1.82) is 0 Å². The van der Waals surface area contributed by atoms with E-state index < -0.39 is 10.0 Å². The summed E-state index contributed by atoms with van der Waals surface area (Å²) in [5.74, 6) is 0.406. The van der Waals surface area contributed by atoms with Crippen LogP contribution in [0.5, 0.6) is 0 Å². The van der Waals surface area contributed by atoms with Gasteiger partial charge in [-0.25, -0.2) is 12.7 Å². The monoisotopic (exact) mass is 336 g/mol. The van der Waals surface area contributed by atoms with E-state index in [1.54, 1.807) is 11.4 Å². The van der Waals surface area contributed by atoms with Gasteiger partial charge in [0.1, 0.15) is 0 Å². The second-order valence-corrected chi connectivity index (χ2v) is 9.44. The average molecular weight is 337 g/mol. The van der Waals surface area contributed by atoms with Crippen molar-refractivity contribution in [2.24, 2.45) is 5.92 Å². The molecule has 2 aliphatic heterocycles. The van der Waals surface area contributed by atoms with E-state index in [1.807, 2.05) is 13.8 Å². The second-order valence-electron chi connectivity index (χ2n) is 7.37. The van der Waals surface area contributed by atoms with Crippen molar-refractivity contribution in [2.45, 2.75) is 45.2 Å². The molecule has 1 aromatic carbocycles. The van der Waals surface area contributed by atoms with Gasteiger partial charge in [-0.15, -0.1) is 0 Å². The Morgan fingerprint density at radius 2 is 2.00 bits per heavy atom. The molecular weight excluding hydrogens is 308 g/mol. The predicted molar refractivity (Wildman–Crippen MR) is 93.9 cm³/mol. The molecule has 4 nitrogen and oxygen atoms in total. The van der Waals surface area contributed by atoms with Crippen molar-refractivity contribution in [2.75, 3.05) is 25.9 Å². The van der Waals surface area contributed by atoms with Gasteiger partial charge in [0.2, 0.25) is 10.0 Å². The van der Waals surface area contributed by atoms with Crippen LogP contribution in [0.4, 0.5) is 0 Å². The second kappa shape index (κ2) is 6.54. The van der Waals surface area contributed by atoms with Crippen LogP contribution in [-0.2, 0) is 16.4 Å². The standard InChI is InChI=1S/C18H28N2O2S/c1-14(2)13-23(21,22)19(3)16-9-11-20-10-8-15-6-4-5-7-17(15)18(20)12-16/h4-7,14,16,18H,8-13H2,1-3H3/t16-,18+/m1/s1. The number of hydrogen-bond donors (Lipinski definition) is 0. The van der Waals surface area contributed by atoms with Crippen LogP contribution < -0.4 is 0 Å². The molecule has 2 atom stereocenters. The number of sulfonamides is 1. The van der Waals surface area contributed by atoms with Crippen molar-refractivity contribution in [3.63, 3.8) is 0 Å². The van der Waals surface area contributed by atoms with Gasteiger partial charge >= 0.3 is 0 Å². The van der Waals surface area contributed by atoms with E-state index in [2.05, 4.69) is 29.2 Å². The Morgan fingerprint density at radius 1 is 1.26 bits per heavy atom. The summed E-state index contributed by atoms with van der Waals surface area (Å²) in [6, 6.07) is 9.13. The number of piperidine rings is 1. The molecule has 0 saturated carbocycles. The van der Waals surface area contributed by atoms with Gasteiger partial charge in [-0.1, -0.05) is 38.1 Å². The minimum atomic E-state index is -3.16. The van der Waals surface area contributed by atoms with Gasteiger partial charge in [0.15, 0.2) is 0 Å². The zero-order valence-electron chi connectivity index (χ0n) is 14.4. The third-order valence-electron chi connectivity index (χ3n) is 5.27. The quantitative estimate of drug-likeness (QED) is 0.849. The first-order chi connectivity index (χ1) is 10.9. The van der Waals surface area contributed by atoms with Gasteiger partial charge in [-0.05, 0) is 36.3 Å². The molecule has 0 aliphatic carbocycles. The molecule has 1 saturated heterocycles. The molecule has 3 rings (SSSR count). The van der Waals surface area contributed by atoms with Gasteiger partial charge in [-0.2, -0.15) is 0 Å². The summed E-state index contributed by atoms with van der Waals surface area (Å²) < 4.78 is 26.8. The number of nitrogens with zero attached hydrogens (tertiary/aromatic N) is 2. The fraction of sp³-hybridized carbons (Fsp3) is 0.667. The van der Waals surface area contributed by atoms with Crippen LogP contribution in [0.3, 0.4) is 0 Å². The van der Waals surface area contributed by atoms with E-state index in [4.69, 9.17) is 0 Å². The molecule has 1 fully saturated rings.